The molecule has 2 atom stereocenters. The summed E-state index contributed by atoms with van der Waals surface area (Å²) < 4.78 is 8.46. The fourth-order valence-corrected chi connectivity index (χ4v) is 3.48. The SMILES string of the molecule is Brc1ccc2ncc(-c3noc(C4CC4c4ccccc4)n3)n2c1. The number of halogens is 1. The Hall–Kier alpha value is -2.47. The second-order valence-corrected chi connectivity index (χ2v) is 6.95. The lowest BCUT2D eigenvalue weighted by Gasteiger charge is -1.97. The van der Waals surface area contributed by atoms with Crippen LogP contribution in [0.3, 0.4) is 0 Å². The molecule has 118 valence electrons. The van der Waals surface area contributed by atoms with Crippen molar-refractivity contribution < 1.29 is 4.52 Å². The summed E-state index contributed by atoms with van der Waals surface area (Å²) >= 11 is 3.48. The van der Waals surface area contributed by atoms with E-state index in [1.807, 2.05) is 28.8 Å². The molecule has 1 fully saturated rings. The van der Waals surface area contributed by atoms with E-state index in [1.54, 1.807) is 6.20 Å². The number of rotatable bonds is 3. The van der Waals surface area contributed by atoms with E-state index in [1.165, 1.54) is 5.56 Å². The first-order chi connectivity index (χ1) is 11.8. The Balaban J connectivity index is 1.46. The van der Waals surface area contributed by atoms with Gasteiger partial charge in [-0.2, -0.15) is 4.98 Å². The van der Waals surface area contributed by atoms with Crippen molar-refractivity contribution in [2.24, 2.45) is 0 Å². The van der Waals surface area contributed by atoms with Crippen molar-refractivity contribution in [3.63, 3.8) is 0 Å². The van der Waals surface area contributed by atoms with Gasteiger partial charge >= 0.3 is 0 Å². The van der Waals surface area contributed by atoms with Crippen LogP contribution in [0.15, 0.2) is 63.9 Å². The molecule has 6 heteroatoms. The number of hydrogen-bond donors (Lipinski definition) is 0. The molecule has 0 N–H and O–H groups in total. The van der Waals surface area contributed by atoms with E-state index in [-0.39, 0.29) is 0 Å². The third kappa shape index (κ3) is 2.26. The van der Waals surface area contributed by atoms with Crippen molar-refractivity contribution in [3.05, 3.63) is 70.8 Å². The molecule has 3 heterocycles. The van der Waals surface area contributed by atoms with Crippen LogP contribution in [0.4, 0.5) is 0 Å². The molecule has 0 amide bonds. The Bertz CT molecular complexity index is 1020. The summed E-state index contributed by atoms with van der Waals surface area (Å²) in [4.78, 5) is 9.01. The van der Waals surface area contributed by atoms with E-state index in [0.717, 1.165) is 22.2 Å². The highest BCUT2D eigenvalue weighted by atomic mass is 79.9. The fourth-order valence-electron chi connectivity index (χ4n) is 3.15. The van der Waals surface area contributed by atoms with Crippen molar-refractivity contribution in [2.45, 2.75) is 18.3 Å². The normalized spacial score (nSPS) is 19.7. The molecule has 5 rings (SSSR count). The van der Waals surface area contributed by atoms with Crippen LogP contribution < -0.4 is 0 Å². The van der Waals surface area contributed by atoms with Crippen LogP contribution in [0.5, 0.6) is 0 Å². The number of pyridine rings is 1. The van der Waals surface area contributed by atoms with Crippen LogP contribution in [-0.4, -0.2) is 19.5 Å². The summed E-state index contributed by atoms with van der Waals surface area (Å²) in [5.41, 5.74) is 3.02. The topological polar surface area (TPSA) is 56.2 Å². The van der Waals surface area contributed by atoms with Crippen LogP contribution in [-0.2, 0) is 0 Å². The average molecular weight is 381 g/mol. The smallest absolute Gasteiger partial charge is 0.230 e. The van der Waals surface area contributed by atoms with Gasteiger partial charge in [-0.3, -0.25) is 4.40 Å². The van der Waals surface area contributed by atoms with E-state index in [9.17, 15) is 0 Å². The molecular weight excluding hydrogens is 368 g/mol. The largest absolute Gasteiger partial charge is 0.339 e. The van der Waals surface area contributed by atoms with Crippen LogP contribution >= 0.6 is 15.9 Å². The minimum Gasteiger partial charge on any atom is -0.339 e. The summed E-state index contributed by atoms with van der Waals surface area (Å²) in [6, 6.07) is 14.4. The summed E-state index contributed by atoms with van der Waals surface area (Å²) in [6.07, 6.45) is 4.79. The number of fused-ring (bicyclic) bond motifs is 1. The lowest BCUT2D eigenvalue weighted by molar-refractivity contribution is 0.378. The Kier molecular flexibility index (Phi) is 3.06. The maximum Gasteiger partial charge on any atom is 0.230 e. The standard InChI is InChI=1S/C18H13BrN4O/c19-12-6-7-16-20-9-15(23(16)10-12)17-21-18(24-22-17)14-8-13(14)11-4-2-1-3-5-11/h1-7,9-10,13-14H,8H2. The van der Waals surface area contributed by atoms with Crippen LogP contribution in [0.1, 0.15) is 29.7 Å². The number of nitrogens with zero attached hydrogens (tertiary/aromatic N) is 4. The van der Waals surface area contributed by atoms with Crippen LogP contribution in [0.25, 0.3) is 17.2 Å². The van der Waals surface area contributed by atoms with E-state index in [4.69, 9.17) is 4.52 Å². The summed E-state index contributed by atoms with van der Waals surface area (Å²) in [5.74, 6) is 2.09. The molecule has 0 aliphatic heterocycles. The molecule has 2 unspecified atom stereocenters. The number of imidazole rings is 1. The molecule has 1 aliphatic carbocycles. The van der Waals surface area contributed by atoms with E-state index >= 15 is 0 Å². The minimum atomic E-state index is 0.319. The van der Waals surface area contributed by atoms with Gasteiger partial charge in [0.1, 0.15) is 11.3 Å². The molecular formula is C18H13BrN4O. The monoisotopic (exact) mass is 380 g/mol. The van der Waals surface area contributed by atoms with Gasteiger partial charge in [0.25, 0.3) is 0 Å². The van der Waals surface area contributed by atoms with Gasteiger partial charge in [-0.1, -0.05) is 35.5 Å². The van der Waals surface area contributed by atoms with Crippen molar-refractivity contribution in [2.75, 3.05) is 0 Å². The molecule has 0 spiro atoms. The van der Waals surface area contributed by atoms with Crippen molar-refractivity contribution in [3.8, 4) is 11.5 Å². The first kappa shape index (κ1) is 13.9. The maximum absolute atomic E-state index is 5.53. The molecule has 5 nitrogen and oxygen atoms in total. The predicted octanol–water partition coefficient (Wildman–Crippen LogP) is 4.42. The Morgan fingerprint density at radius 1 is 1.08 bits per heavy atom. The van der Waals surface area contributed by atoms with Crippen molar-refractivity contribution >= 4 is 21.6 Å². The number of benzene rings is 1. The second kappa shape index (κ2) is 5.27. The quantitative estimate of drug-likeness (QED) is 0.527. The number of hydrogen-bond acceptors (Lipinski definition) is 4. The highest BCUT2D eigenvalue weighted by Crippen LogP contribution is 2.54. The molecule has 1 aromatic carbocycles. The highest BCUT2D eigenvalue weighted by Gasteiger charge is 2.43. The summed E-state index contributed by atoms with van der Waals surface area (Å²) in [5, 5.41) is 4.17. The van der Waals surface area contributed by atoms with Crippen molar-refractivity contribution in [1.29, 1.82) is 0 Å². The molecule has 0 saturated heterocycles. The first-order valence-electron chi connectivity index (χ1n) is 7.81. The molecule has 4 aromatic rings. The summed E-state index contributed by atoms with van der Waals surface area (Å²) in [7, 11) is 0. The Labute approximate surface area is 146 Å². The van der Waals surface area contributed by atoms with Crippen LogP contribution in [0.2, 0.25) is 0 Å². The molecule has 0 radical (unpaired) electrons. The summed E-state index contributed by atoms with van der Waals surface area (Å²) in [6.45, 7) is 0. The lowest BCUT2D eigenvalue weighted by atomic mass is 10.1. The first-order valence-corrected chi connectivity index (χ1v) is 8.60. The van der Waals surface area contributed by atoms with Gasteiger partial charge in [0.2, 0.25) is 11.7 Å². The van der Waals surface area contributed by atoms with E-state index < -0.39 is 0 Å². The second-order valence-electron chi connectivity index (χ2n) is 6.03. The minimum absolute atomic E-state index is 0.319. The average Bonchev–Trinajstić information content (AvgIpc) is 3.07. The lowest BCUT2D eigenvalue weighted by Crippen LogP contribution is -1.90. The van der Waals surface area contributed by atoms with Gasteiger partial charge in [-0.05, 0) is 46.0 Å². The molecule has 1 aliphatic rings. The highest BCUT2D eigenvalue weighted by molar-refractivity contribution is 9.10. The van der Waals surface area contributed by atoms with Gasteiger partial charge in [0.15, 0.2) is 0 Å². The fraction of sp³-hybridized carbons (Fsp3) is 0.167. The van der Waals surface area contributed by atoms with E-state index in [2.05, 4.69) is 55.3 Å². The van der Waals surface area contributed by atoms with Crippen LogP contribution in [0, 0.1) is 0 Å². The molecule has 0 bridgehead atoms. The number of aromatic nitrogens is 4. The third-order valence-corrected chi connectivity index (χ3v) is 4.94. The zero-order valence-electron chi connectivity index (χ0n) is 12.6. The van der Waals surface area contributed by atoms with Gasteiger partial charge in [0, 0.05) is 16.6 Å². The Morgan fingerprint density at radius 3 is 2.83 bits per heavy atom. The predicted molar refractivity (Wildman–Crippen MR) is 92.7 cm³/mol. The Morgan fingerprint density at radius 2 is 1.96 bits per heavy atom. The van der Waals surface area contributed by atoms with E-state index in [0.29, 0.717) is 23.6 Å². The molecule has 24 heavy (non-hydrogen) atoms. The maximum atomic E-state index is 5.53. The van der Waals surface area contributed by atoms with Gasteiger partial charge < -0.3 is 4.52 Å². The van der Waals surface area contributed by atoms with Gasteiger partial charge in [-0.25, -0.2) is 4.98 Å². The van der Waals surface area contributed by atoms with Gasteiger partial charge in [-0.15, -0.1) is 0 Å². The zero-order valence-corrected chi connectivity index (χ0v) is 14.2. The molecule has 3 aromatic heterocycles. The van der Waals surface area contributed by atoms with Crippen molar-refractivity contribution in [1.82, 2.24) is 19.5 Å². The molecule has 1 saturated carbocycles. The van der Waals surface area contributed by atoms with Gasteiger partial charge in [0.05, 0.1) is 6.20 Å². The zero-order chi connectivity index (χ0) is 16.1. The third-order valence-electron chi connectivity index (χ3n) is 4.48.